The Morgan fingerprint density at radius 2 is 1.87 bits per heavy atom. The number of carbonyl (C=O) groups is 1. The fourth-order valence-corrected chi connectivity index (χ4v) is 3.45. The minimum absolute atomic E-state index is 0.145. The first-order chi connectivity index (χ1) is 14.6. The number of guanidine groups is 1. The average Bonchev–Trinajstić information content (AvgIpc) is 3.24. The van der Waals surface area contributed by atoms with Crippen LogP contribution in [-0.2, 0) is 9.53 Å². The molecule has 2 rings (SSSR count). The maximum absolute atomic E-state index is 11.1. The molecule has 1 heterocycles. The summed E-state index contributed by atoms with van der Waals surface area (Å²) in [5, 5.41) is 6.88. The summed E-state index contributed by atoms with van der Waals surface area (Å²) in [6.07, 6.45) is 4.27. The van der Waals surface area contributed by atoms with Gasteiger partial charge in [0.25, 0.3) is 0 Å². The number of esters is 1. The Morgan fingerprint density at radius 3 is 2.50 bits per heavy atom. The van der Waals surface area contributed by atoms with E-state index >= 15 is 0 Å². The second-order valence-corrected chi connectivity index (χ2v) is 7.29. The standard InChI is InChI=1S/C22H36N4O4/c1-5-23-22(24-11-8-6-7-9-21(27)30-4)25-17-10-12-26(16-17)18-13-19(28-2)15-20(14-18)29-3/h13-15,17H,5-12,16H2,1-4H3,(H2,23,24,25). The van der Waals surface area contributed by atoms with Gasteiger partial charge in [-0.25, -0.2) is 0 Å². The molecule has 1 atom stereocenters. The molecule has 0 aromatic heterocycles. The van der Waals surface area contributed by atoms with E-state index in [-0.39, 0.29) is 5.97 Å². The molecular formula is C22H36N4O4. The molecule has 1 fully saturated rings. The van der Waals surface area contributed by atoms with E-state index < -0.39 is 0 Å². The Balaban J connectivity index is 1.84. The number of rotatable bonds is 11. The Labute approximate surface area is 180 Å². The molecule has 30 heavy (non-hydrogen) atoms. The molecule has 168 valence electrons. The topological polar surface area (TPSA) is 84.4 Å². The van der Waals surface area contributed by atoms with Crippen LogP contribution in [0.1, 0.15) is 39.0 Å². The summed E-state index contributed by atoms with van der Waals surface area (Å²) in [6, 6.07) is 6.28. The summed E-state index contributed by atoms with van der Waals surface area (Å²) in [5.41, 5.74) is 1.10. The highest BCUT2D eigenvalue weighted by atomic mass is 16.5. The second-order valence-electron chi connectivity index (χ2n) is 7.29. The van der Waals surface area contributed by atoms with Gasteiger partial charge in [-0.05, 0) is 26.2 Å². The minimum atomic E-state index is -0.145. The summed E-state index contributed by atoms with van der Waals surface area (Å²) in [4.78, 5) is 18.2. The zero-order valence-electron chi connectivity index (χ0n) is 18.7. The van der Waals surface area contributed by atoms with Gasteiger partial charge in [-0.1, -0.05) is 6.42 Å². The number of unbranched alkanes of at least 4 members (excludes halogenated alkanes) is 2. The van der Waals surface area contributed by atoms with Crippen molar-refractivity contribution in [1.82, 2.24) is 10.6 Å². The van der Waals surface area contributed by atoms with E-state index in [9.17, 15) is 4.79 Å². The Hall–Kier alpha value is -2.64. The number of anilines is 1. The van der Waals surface area contributed by atoms with Crippen molar-refractivity contribution < 1.29 is 19.0 Å². The molecule has 0 radical (unpaired) electrons. The summed E-state index contributed by atoms with van der Waals surface area (Å²) < 4.78 is 15.5. The van der Waals surface area contributed by atoms with Crippen LogP contribution in [0.3, 0.4) is 0 Å². The van der Waals surface area contributed by atoms with Crippen molar-refractivity contribution in [2.45, 2.75) is 45.1 Å². The summed E-state index contributed by atoms with van der Waals surface area (Å²) >= 11 is 0. The number of nitrogens with one attached hydrogen (secondary N) is 2. The maximum Gasteiger partial charge on any atom is 0.305 e. The van der Waals surface area contributed by atoms with Crippen molar-refractivity contribution in [3.05, 3.63) is 18.2 Å². The smallest absolute Gasteiger partial charge is 0.305 e. The van der Waals surface area contributed by atoms with Gasteiger partial charge in [0, 0.05) is 62.5 Å². The molecule has 0 amide bonds. The number of carbonyl (C=O) groups excluding carboxylic acids is 1. The molecule has 0 saturated carbocycles. The first-order valence-electron chi connectivity index (χ1n) is 10.7. The third-order valence-corrected chi connectivity index (χ3v) is 5.11. The normalized spacial score (nSPS) is 16.3. The molecule has 0 spiro atoms. The van der Waals surface area contributed by atoms with Gasteiger partial charge in [0.05, 0.1) is 21.3 Å². The maximum atomic E-state index is 11.1. The predicted molar refractivity (Wildman–Crippen MR) is 120 cm³/mol. The largest absolute Gasteiger partial charge is 0.497 e. The number of hydrogen-bond donors (Lipinski definition) is 2. The lowest BCUT2D eigenvalue weighted by molar-refractivity contribution is -0.140. The number of aliphatic imine (C=N–C) groups is 1. The van der Waals surface area contributed by atoms with E-state index in [4.69, 9.17) is 9.47 Å². The number of ether oxygens (including phenoxy) is 3. The predicted octanol–water partition coefficient (Wildman–Crippen LogP) is 2.57. The second kappa shape index (κ2) is 12.8. The van der Waals surface area contributed by atoms with Crippen molar-refractivity contribution in [3.8, 4) is 11.5 Å². The fraction of sp³-hybridized carbons (Fsp3) is 0.636. The Kier molecular flexibility index (Phi) is 10.1. The molecule has 1 aromatic rings. The van der Waals surface area contributed by atoms with Crippen LogP contribution in [0.2, 0.25) is 0 Å². The summed E-state index contributed by atoms with van der Waals surface area (Å²) in [7, 11) is 4.76. The van der Waals surface area contributed by atoms with Crippen molar-refractivity contribution in [2.24, 2.45) is 4.99 Å². The lowest BCUT2D eigenvalue weighted by Crippen LogP contribution is -2.44. The quantitative estimate of drug-likeness (QED) is 0.246. The molecule has 2 N–H and O–H groups in total. The number of hydrogen-bond acceptors (Lipinski definition) is 6. The molecule has 0 bridgehead atoms. The fourth-order valence-electron chi connectivity index (χ4n) is 3.45. The molecule has 1 aliphatic heterocycles. The third-order valence-electron chi connectivity index (χ3n) is 5.11. The van der Waals surface area contributed by atoms with Gasteiger partial charge in [-0.2, -0.15) is 0 Å². The van der Waals surface area contributed by atoms with Gasteiger partial charge >= 0.3 is 5.97 Å². The van der Waals surface area contributed by atoms with Crippen LogP contribution in [0.5, 0.6) is 11.5 Å². The molecular weight excluding hydrogens is 384 g/mol. The van der Waals surface area contributed by atoms with E-state index in [0.717, 1.165) is 75.0 Å². The zero-order chi connectivity index (χ0) is 21.8. The lowest BCUT2D eigenvalue weighted by Gasteiger charge is -2.21. The lowest BCUT2D eigenvalue weighted by atomic mass is 10.2. The number of methoxy groups -OCH3 is 3. The minimum Gasteiger partial charge on any atom is -0.497 e. The first kappa shape index (κ1) is 23.6. The van der Waals surface area contributed by atoms with Crippen LogP contribution in [0.4, 0.5) is 5.69 Å². The SMILES string of the molecule is CCNC(=NCCCCCC(=O)OC)NC1CCN(c2cc(OC)cc(OC)c2)C1. The van der Waals surface area contributed by atoms with Crippen LogP contribution in [-0.4, -0.2) is 65.5 Å². The zero-order valence-corrected chi connectivity index (χ0v) is 18.7. The Bertz CT molecular complexity index is 673. The van der Waals surface area contributed by atoms with Crippen LogP contribution in [0, 0.1) is 0 Å². The Morgan fingerprint density at radius 1 is 1.13 bits per heavy atom. The van der Waals surface area contributed by atoms with Gasteiger partial charge in [-0.3, -0.25) is 9.79 Å². The molecule has 8 nitrogen and oxygen atoms in total. The van der Waals surface area contributed by atoms with Crippen LogP contribution in [0.15, 0.2) is 23.2 Å². The van der Waals surface area contributed by atoms with Crippen molar-refractivity contribution in [1.29, 1.82) is 0 Å². The van der Waals surface area contributed by atoms with Crippen molar-refractivity contribution in [2.75, 3.05) is 52.4 Å². The van der Waals surface area contributed by atoms with Crippen molar-refractivity contribution >= 4 is 17.6 Å². The van der Waals surface area contributed by atoms with E-state index in [0.29, 0.717) is 12.5 Å². The van der Waals surface area contributed by atoms with Crippen LogP contribution >= 0.6 is 0 Å². The third kappa shape index (κ3) is 7.65. The van der Waals surface area contributed by atoms with Crippen LogP contribution in [0.25, 0.3) is 0 Å². The van der Waals surface area contributed by atoms with Gasteiger partial charge < -0.3 is 29.7 Å². The van der Waals surface area contributed by atoms with E-state index in [1.165, 1.54) is 7.11 Å². The molecule has 1 aliphatic rings. The van der Waals surface area contributed by atoms with E-state index in [1.807, 2.05) is 18.2 Å². The van der Waals surface area contributed by atoms with E-state index in [1.54, 1.807) is 14.2 Å². The highest BCUT2D eigenvalue weighted by Gasteiger charge is 2.24. The molecule has 1 saturated heterocycles. The first-order valence-corrected chi connectivity index (χ1v) is 10.7. The van der Waals surface area contributed by atoms with Crippen LogP contribution < -0.4 is 25.0 Å². The highest BCUT2D eigenvalue weighted by molar-refractivity contribution is 5.80. The number of nitrogens with zero attached hydrogens (tertiary/aromatic N) is 2. The van der Waals surface area contributed by atoms with Gasteiger partial charge in [0.1, 0.15) is 11.5 Å². The number of benzene rings is 1. The van der Waals surface area contributed by atoms with Gasteiger partial charge in [-0.15, -0.1) is 0 Å². The van der Waals surface area contributed by atoms with E-state index in [2.05, 4.69) is 32.2 Å². The molecule has 1 aromatic carbocycles. The summed E-state index contributed by atoms with van der Waals surface area (Å²) in [5.74, 6) is 2.29. The monoisotopic (exact) mass is 420 g/mol. The molecule has 8 heteroatoms. The van der Waals surface area contributed by atoms with Crippen molar-refractivity contribution in [3.63, 3.8) is 0 Å². The molecule has 1 unspecified atom stereocenters. The average molecular weight is 421 g/mol. The van der Waals surface area contributed by atoms with Gasteiger partial charge in [0.2, 0.25) is 0 Å². The molecule has 0 aliphatic carbocycles. The summed E-state index contributed by atoms with van der Waals surface area (Å²) in [6.45, 7) is 5.47. The van der Waals surface area contributed by atoms with Gasteiger partial charge in [0.15, 0.2) is 5.96 Å². The highest BCUT2D eigenvalue weighted by Crippen LogP contribution is 2.30.